The Morgan fingerprint density at radius 3 is 1.14 bits per heavy atom. The summed E-state index contributed by atoms with van der Waals surface area (Å²) in [5.41, 5.74) is 36.3. The van der Waals surface area contributed by atoms with Crippen molar-refractivity contribution in [2.24, 2.45) is 5.92 Å². The van der Waals surface area contributed by atoms with Gasteiger partial charge in [0.05, 0.1) is 19.8 Å². The minimum Gasteiger partial charge on any atom is -0.493 e. The largest absolute Gasteiger partial charge is 0.493 e. The van der Waals surface area contributed by atoms with Gasteiger partial charge in [0.2, 0.25) is 0 Å². The van der Waals surface area contributed by atoms with Crippen molar-refractivity contribution in [3.05, 3.63) is 93.0 Å². The highest BCUT2D eigenvalue weighted by Gasteiger charge is 2.25. The fraction of sp³-hybridized carbons (Fsp3) is 0.468. The van der Waals surface area contributed by atoms with Crippen LogP contribution in [0.2, 0.25) is 0 Å². The van der Waals surface area contributed by atoms with Gasteiger partial charge in [-0.15, -0.1) is 0 Å². The first-order valence-corrected chi connectivity index (χ1v) is 21.0. The second-order valence-electron chi connectivity index (χ2n) is 16.0. The van der Waals surface area contributed by atoms with Crippen molar-refractivity contribution in [1.29, 1.82) is 0 Å². The van der Waals surface area contributed by atoms with Gasteiger partial charge in [0, 0.05) is 99.0 Å². The Balaban J connectivity index is 1.53. The van der Waals surface area contributed by atoms with Gasteiger partial charge < -0.3 is 47.2 Å². The molecule has 10 nitrogen and oxygen atoms in total. The van der Waals surface area contributed by atoms with Crippen LogP contribution in [0.5, 0.6) is 23.0 Å². The molecule has 1 fully saturated rings. The molecular formula is C47H63N5O5. The first kappa shape index (κ1) is 41.4. The molecule has 0 saturated heterocycles. The zero-order valence-electron chi connectivity index (χ0n) is 34.4. The third-order valence-electron chi connectivity index (χ3n) is 11.0. The highest BCUT2D eigenvalue weighted by molar-refractivity contribution is 5.78. The fourth-order valence-corrected chi connectivity index (χ4v) is 8.54. The van der Waals surface area contributed by atoms with E-state index in [0.29, 0.717) is 79.9 Å². The van der Waals surface area contributed by atoms with Crippen LogP contribution < -0.4 is 47.2 Å². The monoisotopic (exact) mass is 777 g/mol. The Morgan fingerprint density at radius 1 is 0.544 bits per heavy atom. The third-order valence-corrected chi connectivity index (χ3v) is 11.0. The molecule has 1 atom stereocenters. The van der Waals surface area contributed by atoms with Gasteiger partial charge in [0.15, 0.2) is 6.61 Å². The number of nitrogen functional groups attached to an aromatic ring is 4. The number of fused-ring (bicyclic) bond motifs is 8. The van der Waals surface area contributed by atoms with Crippen LogP contribution in [-0.2, 0) is 30.5 Å². The van der Waals surface area contributed by atoms with E-state index in [2.05, 4.69) is 33.0 Å². The lowest BCUT2D eigenvalue weighted by Gasteiger charge is -2.28. The topological polar surface area (TPSA) is 170 Å². The van der Waals surface area contributed by atoms with Crippen LogP contribution in [0.1, 0.15) is 124 Å². The summed E-state index contributed by atoms with van der Waals surface area (Å²) in [6.45, 7) is 9.83. The van der Waals surface area contributed by atoms with Gasteiger partial charge in [-0.3, -0.25) is 4.79 Å². The fourth-order valence-electron chi connectivity index (χ4n) is 8.54. The van der Waals surface area contributed by atoms with Crippen molar-refractivity contribution in [2.45, 2.75) is 111 Å². The Hall–Kier alpha value is -5.25. The van der Waals surface area contributed by atoms with Gasteiger partial charge >= 0.3 is 0 Å². The molecule has 57 heavy (non-hydrogen) atoms. The molecule has 2 aliphatic carbocycles. The van der Waals surface area contributed by atoms with Crippen LogP contribution in [0, 0.1) is 5.92 Å². The van der Waals surface area contributed by atoms with Crippen LogP contribution in [0.3, 0.4) is 0 Å². The molecule has 1 unspecified atom stereocenters. The van der Waals surface area contributed by atoms with Crippen LogP contribution in [0.4, 0.5) is 22.7 Å². The quantitative estimate of drug-likeness (QED) is 0.0694. The van der Waals surface area contributed by atoms with E-state index in [4.69, 9.17) is 41.9 Å². The van der Waals surface area contributed by atoms with E-state index in [1.165, 1.54) is 19.3 Å². The summed E-state index contributed by atoms with van der Waals surface area (Å²) in [5, 5.41) is 3.24. The average Bonchev–Trinajstić information content (AvgIpc) is 3.16. The summed E-state index contributed by atoms with van der Waals surface area (Å²) >= 11 is 0. The smallest absolute Gasteiger partial charge is 0.258 e. The molecule has 0 radical (unpaired) electrons. The van der Waals surface area contributed by atoms with E-state index in [0.717, 1.165) is 93.9 Å². The molecule has 1 saturated carbocycles. The summed E-state index contributed by atoms with van der Waals surface area (Å²) in [4.78, 5) is 13.6. The predicted octanol–water partition coefficient (Wildman–Crippen LogP) is 8.52. The SMILES string of the molecule is CCCOc1c2cc(N)cc1Cc1cc(N)cc(c1OCCC)Cc1cc(N)cc(c1OCC(=O)NC(C)C1CCCCC1)Cc1cc(N)cc(c1OCCC)C2. The Kier molecular flexibility index (Phi) is 14.0. The van der Waals surface area contributed by atoms with E-state index in [-0.39, 0.29) is 18.6 Å². The van der Waals surface area contributed by atoms with Crippen LogP contribution >= 0.6 is 0 Å². The number of benzene rings is 4. The molecule has 8 bridgehead atoms. The van der Waals surface area contributed by atoms with Crippen molar-refractivity contribution in [3.63, 3.8) is 0 Å². The van der Waals surface area contributed by atoms with E-state index in [1.807, 2.05) is 48.5 Å². The molecule has 9 N–H and O–H groups in total. The maximum atomic E-state index is 13.6. The van der Waals surface area contributed by atoms with Crippen molar-refractivity contribution in [3.8, 4) is 23.0 Å². The molecule has 0 heterocycles. The number of ether oxygens (including phenoxy) is 4. The number of hydrogen-bond donors (Lipinski definition) is 5. The van der Waals surface area contributed by atoms with Gasteiger partial charge in [-0.1, -0.05) is 40.0 Å². The summed E-state index contributed by atoms with van der Waals surface area (Å²) < 4.78 is 26.4. The van der Waals surface area contributed by atoms with Gasteiger partial charge in [-0.2, -0.15) is 0 Å². The number of amides is 1. The van der Waals surface area contributed by atoms with Crippen molar-refractivity contribution in [2.75, 3.05) is 49.4 Å². The van der Waals surface area contributed by atoms with E-state index < -0.39 is 0 Å². The van der Waals surface area contributed by atoms with Gasteiger partial charge in [-0.05, 0) is 93.5 Å². The lowest BCUT2D eigenvalue weighted by molar-refractivity contribution is -0.124. The first-order valence-electron chi connectivity index (χ1n) is 21.0. The van der Waals surface area contributed by atoms with Crippen molar-refractivity contribution in [1.82, 2.24) is 5.32 Å². The lowest BCUT2D eigenvalue weighted by Crippen LogP contribution is -2.41. The van der Waals surface area contributed by atoms with Crippen molar-refractivity contribution >= 4 is 28.7 Å². The molecule has 1 amide bonds. The molecule has 0 aliphatic heterocycles. The third kappa shape index (κ3) is 10.4. The highest BCUT2D eigenvalue weighted by atomic mass is 16.5. The Bertz CT molecular complexity index is 1910. The van der Waals surface area contributed by atoms with Crippen LogP contribution in [-0.4, -0.2) is 38.4 Å². The molecule has 4 aromatic rings. The maximum absolute atomic E-state index is 13.6. The maximum Gasteiger partial charge on any atom is 0.258 e. The first-order chi connectivity index (χ1) is 27.6. The van der Waals surface area contributed by atoms with E-state index in [9.17, 15) is 4.79 Å². The zero-order valence-corrected chi connectivity index (χ0v) is 34.4. The van der Waals surface area contributed by atoms with Crippen LogP contribution in [0.25, 0.3) is 0 Å². The van der Waals surface area contributed by atoms with Gasteiger partial charge in [0.1, 0.15) is 23.0 Å². The molecule has 4 aromatic carbocycles. The molecule has 6 rings (SSSR count). The zero-order chi connectivity index (χ0) is 40.5. The number of nitrogens with one attached hydrogen (secondary N) is 1. The number of rotatable bonds is 14. The summed E-state index contributed by atoms with van der Waals surface area (Å²) in [7, 11) is 0. The highest BCUT2D eigenvalue weighted by Crippen LogP contribution is 2.42. The van der Waals surface area contributed by atoms with Gasteiger partial charge in [-0.25, -0.2) is 0 Å². The number of anilines is 4. The predicted molar refractivity (Wildman–Crippen MR) is 232 cm³/mol. The Labute approximate surface area is 339 Å². The van der Waals surface area contributed by atoms with E-state index in [1.54, 1.807) is 0 Å². The summed E-state index contributed by atoms with van der Waals surface area (Å²) in [6.07, 6.45) is 10.2. The summed E-state index contributed by atoms with van der Waals surface area (Å²) in [5.74, 6) is 3.22. The molecule has 0 aromatic heterocycles. The number of hydrogen-bond acceptors (Lipinski definition) is 9. The number of carbonyl (C=O) groups is 1. The van der Waals surface area contributed by atoms with E-state index >= 15 is 0 Å². The minimum atomic E-state index is -0.151. The summed E-state index contributed by atoms with van der Waals surface area (Å²) in [6, 6.07) is 15.8. The lowest BCUT2D eigenvalue weighted by atomic mass is 9.84. The minimum absolute atomic E-state index is 0.0705. The molecule has 0 spiro atoms. The molecular weight excluding hydrogens is 715 g/mol. The van der Waals surface area contributed by atoms with Gasteiger partial charge in [0.25, 0.3) is 5.91 Å². The molecule has 10 heteroatoms. The average molecular weight is 778 g/mol. The second-order valence-corrected chi connectivity index (χ2v) is 16.0. The van der Waals surface area contributed by atoms with Crippen molar-refractivity contribution < 1.29 is 23.7 Å². The second kappa shape index (κ2) is 19.3. The molecule has 2 aliphatic rings. The standard InChI is InChI=1S/C47H63N5O5/c1-5-13-54-44-31-16-33-22-40(49)24-35(45(33)55-14-6-2)18-37-26-42(51)27-38(47(37)57-28-43(53)52-29(4)30-11-9-8-10-12-30)19-36-25-41(50)23-34(46(36)56-15-7-3)17-32(44)21-39(48)20-31/h20-27,29-30H,5-19,28,48-51H2,1-4H3,(H,52,53). The Morgan fingerprint density at radius 2 is 0.842 bits per heavy atom. The van der Waals surface area contributed by atoms with Crippen LogP contribution in [0.15, 0.2) is 48.5 Å². The number of nitrogens with two attached hydrogens (primary N) is 4. The normalized spacial score (nSPS) is 14.7. The number of carbonyl (C=O) groups excluding carboxylic acids is 1. The molecule has 306 valence electrons.